The second-order valence-electron chi connectivity index (χ2n) is 7.71. The molecule has 10 nitrogen and oxygen atoms in total. The Morgan fingerprint density at radius 2 is 1.92 bits per heavy atom. The van der Waals surface area contributed by atoms with Crippen LogP contribution in [0.15, 0.2) is 24.8 Å². The van der Waals surface area contributed by atoms with Crippen LogP contribution in [0, 0.1) is 0 Å². The van der Waals surface area contributed by atoms with Crippen LogP contribution in [0.1, 0.15) is 62.1 Å². The molecule has 188 valence electrons. The highest BCUT2D eigenvalue weighted by atomic mass is 35.5. The summed E-state index contributed by atoms with van der Waals surface area (Å²) in [6.45, 7) is 1.65. The second kappa shape index (κ2) is 10.1. The van der Waals surface area contributed by atoms with Crippen LogP contribution < -0.4 is 16.0 Å². The summed E-state index contributed by atoms with van der Waals surface area (Å²) in [4.78, 5) is 53.2. The van der Waals surface area contributed by atoms with Crippen molar-refractivity contribution < 1.29 is 27.6 Å². The van der Waals surface area contributed by atoms with Crippen molar-refractivity contribution in [2.45, 2.75) is 38.4 Å². The molecule has 3 N–H and O–H groups in total. The van der Waals surface area contributed by atoms with Gasteiger partial charge in [0.25, 0.3) is 11.8 Å². The minimum absolute atomic E-state index is 0.0926. The van der Waals surface area contributed by atoms with Crippen LogP contribution in [0.3, 0.4) is 0 Å². The van der Waals surface area contributed by atoms with E-state index < -0.39 is 34.6 Å². The number of nitrogens with one attached hydrogen (secondary N) is 3. The lowest BCUT2D eigenvalue weighted by Gasteiger charge is -2.14. The summed E-state index contributed by atoms with van der Waals surface area (Å²) in [6, 6.07) is 0.0125. The zero-order valence-electron chi connectivity index (χ0n) is 18.4. The van der Waals surface area contributed by atoms with E-state index in [1.54, 1.807) is 6.92 Å². The number of thiazole rings is 1. The van der Waals surface area contributed by atoms with E-state index >= 15 is 0 Å². The molecule has 4 heterocycles. The molecule has 1 atom stereocenters. The Bertz CT molecular complexity index is 1350. The van der Waals surface area contributed by atoms with Crippen LogP contribution in [0.2, 0.25) is 5.02 Å². The molecule has 36 heavy (non-hydrogen) atoms. The summed E-state index contributed by atoms with van der Waals surface area (Å²) < 4.78 is 39.1. The summed E-state index contributed by atoms with van der Waals surface area (Å²) in [6.07, 6.45) is -0.188. The van der Waals surface area contributed by atoms with E-state index in [0.29, 0.717) is 41.7 Å². The van der Waals surface area contributed by atoms with Crippen molar-refractivity contribution in [1.82, 2.24) is 25.3 Å². The summed E-state index contributed by atoms with van der Waals surface area (Å²) in [5.41, 5.74) is -0.475. The maximum Gasteiger partial charge on any atom is 0.418 e. The maximum atomic E-state index is 13.0. The molecule has 15 heteroatoms. The molecule has 0 bridgehead atoms. The number of alkyl halides is 3. The third-order valence-corrected chi connectivity index (χ3v) is 6.60. The molecular formula is C21H17ClF3N7O3S. The van der Waals surface area contributed by atoms with Gasteiger partial charge in [-0.1, -0.05) is 11.6 Å². The number of pyridine rings is 1. The van der Waals surface area contributed by atoms with Gasteiger partial charge in [0.1, 0.15) is 33.5 Å². The van der Waals surface area contributed by atoms with Crippen LogP contribution >= 0.6 is 22.9 Å². The molecule has 0 radical (unpaired) electrons. The summed E-state index contributed by atoms with van der Waals surface area (Å²) in [5, 5.41) is 7.47. The smallest absolute Gasteiger partial charge is 0.342 e. The van der Waals surface area contributed by atoms with Crippen LogP contribution in [-0.4, -0.2) is 37.7 Å². The number of rotatable bonds is 5. The number of aromatic nitrogens is 4. The van der Waals surface area contributed by atoms with E-state index in [1.807, 2.05) is 0 Å². The van der Waals surface area contributed by atoms with E-state index in [2.05, 4.69) is 35.9 Å². The topological polar surface area (TPSA) is 139 Å². The minimum Gasteiger partial charge on any atom is -0.342 e. The zero-order valence-corrected chi connectivity index (χ0v) is 20.0. The normalized spacial score (nSPS) is 14.3. The maximum absolute atomic E-state index is 13.0. The molecule has 3 aromatic rings. The lowest BCUT2D eigenvalue weighted by Crippen LogP contribution is -2.29. The summed E-state index contributed by atoms with van der Waals surface area (Å²) in [7, 11) is 0. The largest absolute Gasteiger partial charge is 0.418 e. The van der Waals surface area contributed by atoms with Gasteiger partial charge in [0.15, 0.2) is 0 Å². The number of carbonyl (C=O) groups excluding carboxylic acids is 3. The molecular weight excluding hydrogens is 523 g/mol. The number of halogens is 4. The first-order valence-electron chi connectivity index (χ1n) is 10.5. The van der Waals surface area contributed by atoms with E-state index in [-0.39, 0.29) is 22.3 Å². The predicted molar refractivity (Wildman–Crippen MR) is 124 cm³/mol. The van der Waals surface area contributed by atoms with Gasteiger partial charge in [-0.05, 0) is 25.8 Å². The van der Waals surface area contributed by atoms with E-state index in [4.69, 9.17) is 11.6 Å². The highest BCUT2D eigenvalue weighted by Crippen LogP contribution is 2.35. The van der Waals surface area contributed by atoms with Crippen molar-refractivity contribution in [2.75, 3.05) is 10.6 Å². The van der Waals surface area contributed by atoms with Gasteiger partial charge < -0.3 is 16.0 Å². The minimum atomic E-state index is -4.71. The first-order valence-corrected chi connectivity index (χ1v) is 11.7. The van der Waals surface area contributed by atoms with E-state index in [0.717, 1.165) is 17.5 Å². The zero-order chi connectivity index (χ0) is 26.0. The van der Waals surface area contributed by atoms with Gasteiger partial charge in [-0.3, -0.25) is 14.4 Å². The molecule has 0 aromatic carbocycles. The number of nitrogens with zero attached hydrogens (tertiary/aromatic N) is 4. The number of hydrogen-bond acceptors (Lipinski definition) is 8. The lowest BCUT2D eigenvalue weighted by molar-refractivity contribution is -0.137. The Morgan fingerprint density at radius 3 is 2.67 bits per heavy atom. The second-order valence-corrected chi connectivity index (χ2v) is 9.18. The quantitative estimate of drug-likeness (QED) is 0.445. The third-order valence-electron chi connectivity index (χ3n) is 5.12. The van der Waals surface area contributed by atoms with Gasteiger partial charge in [-0.15, -0.1) is 11.3 Å². The van der Waals surface area contributed by atoms with Crippen molar-refractivity contribution in [2.24, 2.45) is 0 Å². The SMILES string of the molecule is C[C@H](NC(=O)c1ncnc2c1CCCC(=O)N2)c1ncc(C(=O)Nc2cc(C(F)(F)F)c(Cl)cn2)s1. The lowest BCUT2D eigenvalue weighted by atomic mass is 10.1. The van der Waals surface area contributed by atoms with Crippen LogP contribution in [0.4, 0.5) is 24.8 Å². The fourth-order valence-corrected chi connectivity index (χ4v) is 4.42. The summed E-state index contributed by atoms with van der Waals surface area (Å²) in [5.74, 6) is -1.46. The summed E-state index contributed by atoms with van der Waals surface area (Å²) >= 11 is 6.50. The number of amides is 3. The monoisotopic (exact) mass is 539 g/mol. The Hall–Kier alpha value is -3.65. The number of anilines is 2. The molecule has 0 saturated carbocycles. The molecule has 0 fully saturated rings. The van der Waals surface area contributed by atoms with Crippen molar-refractivity contribution >= 4 is 52.3 Å². The number of carbonyl (C=O) groups is 3. The fraction of sp³-hybridized carbons (Fsp3) is 0.286. The first kappa shape index (κ1) is 25.4. The molecule has 1 aliphatic rings. The molecule has 3 amide bonds. The first-order chi connectivity index (χ1) is 17.0. The van der Waals surface area contributed by atoms with Crippen molar-refractivity contribution in [3.8, 4) is 0 Å². The Labute approximate surface area is 210 Å². The Balaban J connectivity index is 1.45. The molecule has 0 aliphatic carbocycles. The highest BCUT2D eigenvalue weighted by Gasteiger charge is 2.34. The van der Waals surface area contributed by atoms with Crippen molar-refractivity contribution in [1.29, 1.82) is 0 Å². The molecule has 4 rings (SSSR count). The van der Waals surface area contributed by atoms with Gasteiger partial charge >= 0.3 is 6.18 Å². The van der Waals surface area contributed by atoms with Crippen LogP contribution in [-0.2, 0) is 17.4 Å². The third kappa shape index (κ3) is 5.60. The Kier molecular flexibility index (Phi) is 7.17. The van der Waals surface area contributed by atoms with Crippen LogP contribution in [0.25, 0.3) is 0 Å². The highest BCUT2D eigenvalue weighted by molar-refractivity contribution is 7.13. The van der Waals surface area contributed by atoms with Gasteiger partial charge in [0.2, 0.25) is 5.91 Å². The van der Waals surface area contributed by atoms with Crippen molar-refractivity contribution in [3.05, 3.63) is 56.5 Å². The molecule has 0 unspecified atom stereocenters. The molecule has 3 aromatic heterocycles. The average molecular weight is 540 g/mol. The van der Waals surface area contributed by atoms with Gasteiger partial charge in [-0.2, -0.15) is 13.2 Å². The molecule has 0 saturated heterocycles. The predicted octanol–water partition coefficient (Wildman–Crippen LogP) is 4.02. The number of hydrogen-bond donors (Lipinski definition) is 3. The van der Waals surface area contributed by atoms with Gasteiger partial charge in [0.05, 0.1) is 22.8 Å². The van der Waals surface area contributed by atoms with Crippen LogP contribution in [0.5, 0.6) is 0 Å². The van der Waals surface area contributed by atoms with E-state index in [1.165, 1.54) is 12.5 Å². The number of fused-ring (bicyclic) bond motifs is 1. The fourth-order valence-electron chi connectivity index (χ4n) is 3.39. The van der Waals surface area contributed by atoms with Crippen molar-refractivity contribution in [3.63, 3.8) is 0 Å². The van der Waals surface area contributed by atoms with Gasteiger partial charge in [-0.25, -0.2) is 19.9 Å². The molecule has 0 spiro atoms. The average Bonchev–Trinajstić information content (AvgIpc) is 3.23. The standard InChI is InChI=1S/C21H17ClF3N7O3S/c1-9(30-19(35)16-10-3-2-4-15(33)32-17(10)29-8-28-16)20-27-7-13(36-20)18(34)31-14-5-11(21(23,24)25)12(22)6-26-14/h5-9H,2-4H2,1H3,(H,30,35)(H,26,31,34)(H,28,29,32,33)/t9-/m0/s1. The molecule has 1 aliphatic heterocycles. The Morgan fingerprint density at radius 1 is 1.14 bits per heavy atom. The van der Waals surface area contributed by atoms with Gasteiger partial charge in [0, 0.05) is 18.2 Å². The van der Waals surface area contributed by atoms with E-state index in [9.17, 15) is 27.6 Å².